The molecule has 2 rings (SSSR count). The molecule has 0 bridgehead atoms. The second-order valence-electron chi connectivity index (χ2n) is 5.01. The molecule has 1 aromatic heterocycles. The minimum absolute atomic E-state index is 0.145. The smallest absolute Gasteiger partial charge is 0.320 e. The summed E-state index contributed by atoms with van der Waals surface area (Å²) < 4.78 is 5.24. The van der Waals surface area contributed by atoms with Crippen molar-refractivity contribution in [2.24, 2.45) is 5.92 Å². The molecular weight excluding hydrogens is 276 g/mol. The molecule has 0 aliphatic carbocycles. The number of aromatic nitrogens is 2. The lowest BCUT2D eigenvalue weighted by Crippen LogP contribution is -2.50. The molecule has 2 amide bonds. The van der Waals surface area contributed by atoms with Crippen molar-refractivity contribution in [1.29, 1.82) is 0 Å². The highest BCUT2D eigenvalue weighted by Gasteiger charge is 2.40. The average Bonchev–Trinajstić information content (AvgIpc) is 3.10. The lowest BCUT2D eigenvalue weighted by Gasteiger charge is -2.32. The SMILES string of the molecule is CCN(C(=O)N(C)Cc1ncc[nH]1)C1COCC1C(=O)O. The summed E-state index contributed by atoms with van der Waals surface area (Å²) in [5, 5.41) is 9.21. The minimum Gasteiger partial charge on any atom is -0.481 e. The molecule has 2 unspecified atom stereocenters. The number of nitrogens with zero attached hydrogens (tertiary/aromatic N) is 3. The maximum absolute atomic E-state index is 12.5. The monoisotopic (exact) mass is 296 g/mol. The van der Waals surface area contributed by atoms with Gasteiger partial charge in [-0.2, -0.15) is 0 Å². The van der Waals surface area contributed by atoms with Gasteiger partial charge in [-0.25, -0.2) is 9.78 Å². The number of ether oxygens (including phenoxy) is 1. The van der Waals surface area contributed by atoms with Crippen LogP contribution in [0.4, 0.5) is 4.79 Å². The van der Waals surface area contributed by atoms with E-state index in [1.807, 2.05) is 6.92 Å². The van der Waals surface area contributed by atoms with E-state index in [-0.39, 0.29) is 19.2 Å². The van der Waals surface area contributed by atoms with Gasteiger partial charge in [-0.1, -0.05) is 0 Å². The highest BCUT2D eigenvalue weighted by molar-refractivity contribution is 5.77. The van der Waals surface area contributed by atoms with Crippen LogP contribution in [0.25, 0.3) is 0 Å². The molecule has 1 aromatic rings. The molecule has 8 nitrogen and oxygen atoms in total. The maximum Gasteiger partial charge on any atom is 0.320 e. The van der Waals surface area contributed by atoms with Crippen molar-refractivity contribution < 1.29 is 19.4 Å². The van der Waals surface area contributed by atoms with Crippen molar-refractivity contribution in [3.05, 3.63) is 18.2 Å². The van der Waals surface area contributed by atoms with Gasteiger partial charge in [0, 0.05) is 26.0 Å². The van der Waals surface area contributed by atoms with Gasteiger partial charge >= 0.3 is 12.0 Å². The van der Waals surface area contributed by atoms with Crippen LogP contribution >= 0.6 is 0 Å². The summed E-state index contributed by atoms with van der Waals surface area (Å²) in [6.45, 7) is 3.00. The van der Waals surface area contributed by atoms with Crippen molar-refractivity contribution in [3.63, 3.8) is 0 Å². The molecule has 0 spiro atoms. The highest BCUT2D eigenvalue weighted by Crippen LogP contribution is 2.21. The molecule has 2 atom stereocenters. The normalized spacial score (nSPS) is 21.2. The third-order valence-corrected chi connectivity index (χ3v) is 3.62. The summed E-state index contributed by atoms with van der Waals surface area (Å²) in [5.41, 5.74) is 0. The van der Waals surface area contributed by atoms with Crippen LogP contribution in [0, 0.1) is 5.92 Å². The molecule has 1 aliphatic rings. The topological polar surface area (TPSA) is 98.8 Å². The number of urea groups is 1. The fourth-order valence-electron chi connectivity index (χ4n) is 2.49. The molecule has 8 heteroatoms. The number of carbonyl (C=O) groups is 2. The van der Waals surface area contributed by atoms with E-state index in [0.717, 1.165) is 0 Å². The van der Waals surface area contributed by atoms with Crippen LogP contribution in [0.15, 0.2) is 12.4 Å². The van der Waals surface area contributed by atoms with Gasteiger partial charge in [0.1, 0.15) is 11.7 Å². The summed E-state index contributed by atoms with van der Waals surface area (Å²) in [6.07, 6.45) is 3.31. The Morgan fingerprint density at radius 3 is 2.86 bits per heavy atom. The lowest BCUT2D eigenvalue weighted by atomic mass is 10.0. The van der Waals surface area contributed by atoms with E-state index in [4.69, 9.17) is 4.74 Å². The van der Waals surface area contributed by atoms with Gasteiger partial charge in [0.25, 0.3) is 0 Å². The molecule has 2 heterocycles. The first kappa shape index (κ1) is 15.3. The third kappa shape index (κ3) is 3.33. The standard InChI is InChI=1S/C13H20N4O4/c1-3-17(10-8-21-7-9(10)12(18)19)13(20)16(2)6-11-14-4-5-15-11/h4-5,9-10H,3,6-8H2,1-2H3,(H,14,15)(H,18,19). The van der Waals surface area contributed by atoms with Crippen LogP contribution in [-0.2, 0) is 16.1 Å². The van der Waals surface area contributed by atoms with Gasteiger partial charge in [0.05, 0.1) is 25.8 Å². The van der Waals surface area contributed by atoms with Crippen LogP contribution in [0.3, 0.4) is 0 Å². The number of carbonyl (C=O) groups excluding carboxylic acids is 1. The van der Waals surface area contributed by atoms with Crippen molar-refractivity contribution >= 4 is 12.0 Å². The van der Waals surface area contributed by atoms with Gasteiger partial charge in [-0.05, 0) is 6.92 Å². The Labute approximate surface area is 122 Å². The molecule has 0 aromatic carbocycles. The molecule has 2 N–H and O–H groups in total. The first-order valence-electron chi connectivity index (χ1n) is 6.85. The number of hydrogen-bond acceptors (Lipinski definition) is 4. The number of H-pyrrole nitrogens is 1. The van der Waals surface area contributed by atoms with Crippen LogP contribution in [0.2, 0.25) is 0 Å². The second-order valence-corrected chi connectivity index (χ2v) is 5.01. The summed E-state index contributed by atoms with van der Waals surface area (Å²) in [7, 11) is 1.67. The number of rotatable bonds is 5. The number of nitrogens with one attached hydrogen (secondary N) is 1. The van der Waals surface area contributed by atoms with Crippen LogP contribution < -0.4 is 0 Å². The number of likely N-dealkylation sites (N-methyl/N-ethyl adjacent to an activating group) is 1. The Morgan fingerprint density at radius 2 is 2.29 bits per heavy atom. The molecule has 0 radical (unpaired) electrons. The maximum atomic E-state index is 12.5. The Morgan fingerprint density at radius 1 is 1.52 bits per heavy atom. The number of hydrogen-bond donors (Lipinski definition) is 2. The van der Waals surface area contributed by atoms with E-state index in [1.165, 1.54) is 4.90 Å². The molecular formula is C13H20N4O4. The van der Waals surface area contributed by atoms with E-state index in [9.17, 15) is 14.7 Å². The number of imidazole rings is 1. The Hall–Kier alpha value is -2.09. The van der Waals surface area contributed by atoms with Gasteiger partial charge in [-0.15, -0.1) is 0 Å². The number of carboxylic acid groups (broad SMARTS) is 1. The zero-order chi connectivity index (χ0) is 15.4. The number of aliphatic carboxylic acids is 1. The van der Waals surface area contributed by atoms with E-state index >= 15 is 0 Å². The minimum atomic E-state index is -0.933. The van der Waals surface area contributed by atoms with E-state index < -0.39 is 17.9 Å². The largest absolute Gasteiger partial charge is 0.481 e. The molecule has 1 fully saturated rings. The predicted octanol–water partition coefficient (Wildman–Crippen LogP) is 0.383. The molecule has 116 valence electrons. The second kappa shape index (κ2) is 6.57. The number of carboxylic acids is 1. The Balaban J connectivity index is 2.05. The van der Waals surface area contributed by atoms with Crippen molar-refractivity contribution in [2.45, 2.75) is 19.5 Å². The zero-order valence-corrected chi connectivity index (χ0v) is 12.2. The quantitative estimate of drug-likeness (QED) is 0.818. The molecule has 21 heavy (non-hydrogen) atoms. The van der Waals surface area contributed by atoms with E-state index in [2.05, 4.69) is 9.97 Å². The first-order valence-corrected chi connectivity index (χ1v) is 6.85. The summed E-state index contributed by atoms with van der Waals surface area (Å²) >= 11 is 0. The number of aromatic amines is 1. The van der Waals surface area contributed by atoms with Crippen LogP contribution in [0.1, 0.15) is 12.7 Å². The fourth-order valence-corrected chi connectivity index (χ4v) is 2.49. The van der Waals surface area contributed by atoms with Crippen LogP contribution in [-0.4, -0.2) is 69.7 Å². The van der Waals surface area contributed by atoms with Crippen molar-refractivity contribution in [2.75, 3.05) is 26.8 Å². The fraction of sp³-hybridized carbons (Fsp3) is 0.615. The summed E-state index contributed by atoms with van der Waals surface area (Å²) in [4.78, 5) is 33.8. The summed E-state index contributed by atoms with van der Waals surface area (Å²) in [5.74, 6) is -0.928. The van der Waals surface area contributed by atoms with Gasteiger partial charge in [0.2, 0.25) is 0 Å². The zero-order valence-electron chi connectivity index (χ0n) is 12.2. The van der Waals surface area contributed by atoms with Gasteiger partial charge < -0.3 is 24.6 Å². The average molecular weight is 296 g/mol. The first-order chi connectivity index (χ1) is 10.0. The Kier molecular flexibility index (Phi) is 4.79. The van der Waals surface area contributed by atoms with E-state index in [1.54, 1.807) is 24.3 Å². The Bertz CT molecular complexity index is 490. The summed E-state index contributed by atoms with van der Waals surface area (Å²) in [6, 6.07) is -0.658. The third-order valence-electron chi connectivity index (χ3n) is 3.62. The van der Waals surface area contributed by atoms with E-state index in [0.29, 0.717) is 18.9 Å². The molecule has 1 aliphatic heterocycles. The predicted molar refractivity (Wildman–Crippen MR) is 73.6 cm³/mol. The molecule has 1 saturated heterocycles. The lowest BCUT2D eigenvalue weighted by molar-refractivity contribution is -0.142. The van der Waals surface area contributed by atoms with Gasteiger partial charge in [0.15, 0.2) is 0 Å². The van der Waals surface area contributed by atoms with Crippen molar-refractivity contribution in [1.82, 2.24) is 19.8 Å². The molecule has 0 saturated carbocycles. The van der Waals surface area contributed by atoms with Gasteiger partial charge in [-0.3, -0.25) is 4.79 Å². The number of amides is 2. The van der Waals surface area contributed by atoms with Crippen molar-refractivity contribution in [3.8, 4) is 0 Å². The highest BCUT2D eigenvalue weighted by atomic mass is 16.5. The van der Waals surface area contributed by atoms with Crippen LogP contribution in [0.5, 0.6) is 0 Å².